The van der Waals surface area contributed by atoms with E-state index in [0.717, 1.165) is 12.0 Å². The van der Waals surface area contributed by atoms with E-state index in [2.05, 4.69) is 23.5 Å². The molecule has 156 valence electrons. The largest absolute Gasteiger partial charge is 0.446 e. The molecule has 1 saturated carbocycles. The molecule has 1 aromatic carbocycles. The summed E-state index contributed by atoms with van der Waals surface area (Å²) in [6.45, 7) is 1.08. The van der Waals surface area contributed by atoms with Crippen molar-refractivity contribution in [3.05, 3.63) is 42.0 Å². The van der Waals surface area contributed by atoms with Gasteiger partial charge in [-0.15, -0.1) is 0 Å². The van der Waals surface area contributed by atoms with E-state index < -0.39 is 29.9 Å². The highest BCUT2D eigenvalue weighted by molar-refractivity contribution is 5.88. The summed E-state index contributed by atoms with van der Waals surface area (Å²) in [4.78, 5) is 38.6. The Hall–Kier alpha value is -2.87. The number of benzene rings is 1. The molecule has 3 N–H and O–H groups in total. The number of ether oxygens (including phenoxy) is 1. The topological polar surface area (TPSA) is 108 Å². The fraction of sp³-hybridized carbons (Fsp3) is 0.476. The van der Waals surface area contributed by atoms with Gasteiger partial charge in [-0.1, -0.05) is 36.4 Å². The van der Waals surface area contributed by atoms with Crippen LogP contribution in [0.15, 0.2) is 36.4 Å². The zero-order valence-electron chi connectivity index (χ0n) is 16.5. The minimum absolute atomic E-state index is 0.0969. The monoisotopic (exact) mass is 401 g/mol. The second-order valence-corrected chi connectivity index (χ2v) is 7.41. The first kappa shape index (κ1) is 20.9. The number of hydrogen-bond donors (Lipinski definition) is 3. The van der Waals surface area contributed by atoms with Crippen molar-refractivity contribution >= 4 is 23.5 Å². The molecule has 8 nitrogen and oxygen atoms in total. The van der Waals surface area contributed by atoms with E-state index in [0.29, 0.717) is 25.9 Å². The lowest BCUT2D eigenvalue weighted by Crippen LogP contribution is -2.48. The van der Waals surface area contributed by atoms with Crippen molar-refractivity contribution in [2.24, 2.45) is 11.8 Å². The number of amides is 3. The Morgan fingerprint density at radius 2 is 1.90 bits per heavy atom. The van der Waals surface area contributed by atoms with Crippen LogP contribution in [-0.4, -0.2) is 54.3 Å². The Kier molecular flexibility index (Phi) is 6.87. The lowest BCUT2D eigenvalue weighted by Gasteiger charge is -2.37. The normalized spacial score (nSPS) is 24.3. The molecule has 1 aliphatic heterocycles. The first-order valence-corrected chi connectivity index (χ1v) is 9.89. The molecule has 1 heterocycles. The van der Waals surface area contributed by atoms with Crippen LogP contribution in [0.3, 0.4) is 0 Å². The Balaban J connectivity index is 1.67. The number of rotatable bonds is 4. The SMILES string of the molecule is CNC(=O)O[C@H]1CC[C@H](C(=O)N2CC=C(c3ccccc3)CC2)[C@@H](C(=O)NO)C1. The van der Waals surface area contributed by atoms with Crippen LogP contribution in [0.1, 0.15) is 31.2 Å². The molecule has 29 heavy (non-hydrogen) atoms. The van der Waals surface area contributed by atoms with Crippen LogP contribution in [0.4, 0.5) is 4.79 Å². The van der Waals surface area contributed by atoms with Gasteiger partial charge in [-0.3, -0.25) is 14.8 Å². The molecule has 0 unspecified atom stereocenters. The molecule has 1 aromatic rings. The van der Waals surface area contributed by atoms with Crippen LogP contribution in [0.5, 0.6) is 0 Å². The van der Waals surface area contributed by atoms with Gasteiger partial charge in [0.25, 0.3) is 0 Å². The van der Waals surface area contributed by atoms with Crippen molar-refractivity contribution in [2.75, 3.05) is 20.1 Å². The summed E-state index contributed by atoms with van der Waals surface area (Å²) >= 11 is 0. The zero-order valence-corrected chi connectivity index (χ0v) is 16.5. The molecular formula is C21H27N3O5. The molecule has 3 rings (SSSR count). The fourth-order valence-electron chi connectivity index (χ4n) is 4.14. The summed E-state index contributed by atoms with van der Waals surface area (Å²) in [7, 11) is 1.46. The van der Waals surface area contributed by atoms with Crippen molar-refractivity contribution < 1.29 is 24.3 Å². The minimum Gasteiger partial charge on any atom is -0.446 e. The van der Waals surface area contributed by atoms with Crippen molar-refractivity contribution in [2.45, 2.75) is 31.8 Å². The number of alkyl carbamates (subject to hydrolysis) is 1. The highest BCUT2D eigenvalue weighted by Crippen LogP contribution is 2.34. The van der Waals surface area contributed by atoms with Crippen molar-refractivity contribution in [1.29, 1.82) is 0 Å². The first-order chi connectivity index (χ1) is 14.0. The third kappa shape index (κ3) is 4.95. The molecule has 8 heteroatoms. The van der Waals surface area contributed by atoms with Gasteiger partial charge in [0.1, 0.15) is 6.10 Å². The van der Waals surface area contributed by atoms with Crippen LogP contribution >= 0.6 is 0 Å². The molecule has 0 radical (unpaired) electrons. The van der Waals surface area contributed by atoms with Gasteiger partial charge in [0.05, 0.1) is 11.8 Å². The van der Waals surface area contributed by atoms with Gasteiger partial charge in [-0.2, -0.15) is 0 Å². The van der Waals surface area contributed by atoms with Gasteiger partial charge in [-0.25, -0.2) is 10.3 Å². The standard InChI is InChI=1S/C21H27N3O5/c1-22-21(27)29-16-7-8-17(18(13-16)19(25)23-28)20(26)24-11-9-15(10-12-24)14-5-3-2-4-6-14/h2-6,9,16-18,28H,7-8,10-13H2,1H3,(H,22,27)(H,23,25)/t16-,17-,18-/m0/s1. The van der Waals surface area contributed by atoms with Gasteiger partial charge >= 0.3 is 6.09 Å². The van der Waals surface area contributed by atoms with Gasteiger partial charge in [0.15, 0.2) is 0 Å². The van der Waals surface area contributed by atoms with Crippen LogP contribution < -0.4 is 10.8 Å². The summed E-state index contributed by atoms with van der Waals surface area (Å²) in [5.74, 6) is -2.00. The third-order valence-corrected chi connectivity index (χ3v) is 5.71. The van der Waals surface area contributed by atoms with Gasteiger partial charge in [-0.05, 0) is 36.8 Å². The molecule has 0 spiro atoms. The average Bonchev–Trinajstić information content (AvgIpc) is 2.78. The van der Waals surface area contributed by atoms with Crippen molar-refractivity contribution in [3.8, 4) is 0 Å². The number of nitrogens with one attached hydrogen (secondary N) is 2. The highest BCUT2D eigenvalue weighted by Gasteiger charge is 2.42. The summed E-state index contributed by atoms with van der Waals surface area (Å²) < 4.78 is 5.26. The van der Waals surface area contributed by atoms with Crippen LogP contribution in [0, 0.1) is 11.8 Å². The maximum absolute atomic E-state index is 13.1. The zero-order chi connectivity index (χ0) is 20.8. The average molecular weight is 401 g/mol. The molecule has 0 bridgehead atoms. The van der Waals surface area contributed by atoms with Gasteiger partial charge in [0, 0.05) is 20.1 Å². The quantitative estimate of drug-likeness (QED) is 0.528. The molecule has 3 amide bonds. The second kappa shape index (κ2) is 9.56. The van der Waals surface area contributed by atoms with Crippen LogP contribution in [0.2, 0.25) is 0 Å². The van der Waals surface area contributed by atoms with Crippen molar-refractivity contribution in [1.82, 2.24) is 15.7 Å². The van der Waals surface area contributed by atoms with Gasteiger partial charge in [0.2, 0.25) is 11.8 Å². The Morgan fingerprint density at radius 3 is 2.52 bits per heavy atom. The summed E-state index contributed by atoms with van der Waals surface area (Å²) in [5, 5.41) is 11.5. The predicted octanol–water partition coefficient (Wildman–Crippen LogP) is 1.95. The summed E-state index contributed by atoms with van der Waals surface area (Å²) in [6.07, 6.45) is 2.89. The van der Waals surface area contributed by atoms with E-state index in [9.17, 15) is 14.4 Å². The second-order valence-electron chi connectivity index (χ2n) is 7.41. The predicted molar refractivity (Wildman–Crippen MR) is 106 cm³/mol. The number of hydrogen-bond acceptors (Lipinski definition) is 5. The Labute approximate surface area is 169 Å². The molecule has 3 atom stereocenters. The maximum atomic E-state index is 13.1. The summed E-state index contributed by atoms with van der Waals surface area (Å²) in [5.41, 5.74) is 4.03. The molecule has 1 aliphatic carbocycles. The summed E-state index contributed by atoms with van der Waals surface area (Å²) in [6, 6.07) is 10.1. The first-order valence-electron chi connectivity index (χ1n) is 9.89. The van der Waals surface area contributed by atoms with E-state index in [1.54, 1.807) is 10.4 Å². The molecular weight excluding hydrogens is 374 g/mol. The van der Waals surface area contributed by atoms with Gasteiger partial charge < -0.3 is 15.0 Å². The number of carbonyl (C=O) groups is 3. The van der Waals surface area contributed by atoms with Crippen LogP contribution in [0.25, 0.3) is 5.57 Å². The lowest BCUT2D eigenvalue weighted by atomic mass is 9.76. The Morgan fingerprint density at radius 1 is 1.14 bits per heavy atom. The Bertz CT molecular complexity index is 780. The minimum atomic E-state index is -0.740. The number of hydroxylamine groups is 1. The lowest BCUT2D eigenvalue weighted by molar-refractivity contribution is -0.148. The molecule has 0 aromatic heterocycles. The maximum Gasteiger partial charge on any atom is 0.407 e. The number of nitrogens with zero attached hydrogens (tertiary/aromatic N) is 1. The van der Waals surface area contributed by atoms with E-state index in [-0.39, 0.29) is 12.3 Å². The highest BCUT2D eigenvalue weighted by atomic mass is 16.6. The van der Waals surface area contributed by atoms with E-state index in [1.165, 1.54) is 12.6 Å². The smallest absolute Gasteiger partial charge is 0.407 e. The van der Waals surface area contributed by atoms with E-state index >= 15 is 0 Å². The van der Waals surface area contributed by atoms with Crippen LogP contribution in [-0.2, 0) is 14.3 Å². The third-order valence-electron chi connectivity index (χ3n) is 5.71. The molecule has 2 aliphatic rings. The van der Waals surface area contributed by atoms with Crippen molar-refractivity contribution in [3.63, 3.8) is 0 Å². The van der Waals surface area contributed by atoms with E-state index in [1.807, 2.05) is 18.2 Å². The number of carbonyl (C=O) groups excluding carboxylic acids is 3. The van der Waals surface area contributed by atoms with E-state index in [4.69, 9.17) is 9.94 Å². The fourth-order valence-corrected chi connectivity index (χ4v) is 4.14. The molecule has 0 saturated heterocycles. The molecule has 1 fully saturated rings.